The van der Waals surface area contributed by atoms with E-state index < -0.39 is 0 Å². The van der Waals surface area contributed by atoms with Crippen LogP contribution in [0.25, 0.3) is 0 Å². The Bertz CT molecular complexity index is 493. The number of nitrogens with one attached hydrogen (secondary N) is 1. The van der Waals surface area contributed by atoms with E-state index in [0.29, 0.717) is 11.8 Å². The molecule has 1 aliphatic heterocycles. The number of hydrogen-bond donors (Lipinski definition) is 1. The van der Waals surface area contributed by atoms with E-state index in [2.05, 4.69) is 63.5 Å². The molecule has 0 aliphatic carbocycles. The highest BCUT2D eigenvalue weighted by atomic mass is 32.2. The third kappa shape index (κ3) is 3.80. The highest BCUT2D eigenvalue weighted by Gasteiger charge is 2.32. The van der Waals surface area contributed by atoms with E-state index in [0.717, 1.165) is 6.54 Å². The van der Waals surface area contributed by atoms with Crippen molar-refractivity contribution in [3.05, 3.63) is 35.4 Å². The Balaban J connectivity index is 2.18. The molecule has 21 heavy (non-hydrogen) atoms. The van der Waals surface area contributed by atoms with Crippen molar-refractivity contribution in [3.8, 4) is 0 Å². The van der Waals surface area contributed by atoms with E-state index in [1.165, 1.54) is 11.1 Å². The van der Waals surface area contributed by atoms with Gasteiger partial charge in [0.1, 0.15) is 6.17 Å². The minimum atomic E-state index is 0.0149. The first-order valence-corrected chi connectivity index (χ1v) is 8.78. The van der Waals surface area contributed by atoms with Crippen molar-refractivity contribution in [3.63, 3.8) is 0 Å². The molecule has 4 heteroatoms. The summed E-state index contributed by atoms with van der Waals surface area (Å²) >= 11 is 1.80. The van der Waals surface area contributed by atoms with Gasteiger partial charge in [0.25, 0.3) is 0 Å². The van der Waals surface area contributed by atoms with Crippen LogP contribution in [0.2, 0.25) is 0 Å². The van der Waals surface area contributed by atoms with Crippen molar-refractivity contribution in [1.29, 1.82) is 0 Å². The van der Waals surface area contributed by atoms with Crippen molar-refractivity contribution >= 4 is 17.7 Å². The predicted octanol–water partition coefficient (Wildman–Crippen LogP) is 3.17. The lowest BCUT2D eigenvalue weighted by Gasteiger charge is -2.27. The summed E-state index contributed by atoms with van der Waals surface area (Å²) in [6, 6.07) is 8.65. The highest BCUT2D eigenvalue weighted by Crippen LogP contribution is 2.27. The SMILES string of the molecule is CSC(C)CN1C(=O)CNC1c1ccc(C(C)(C)C)cc1. The molecule has 0 aromatic heterocycles. The van der Waals surface area contributed by atoms with E-state index in [4.69, 9.17) is 0 Å². The van der Waals surface area contributed by atoms with Crippen LogP contribution < -0.4 is 5.32 Å². The van der Waals surface area contributed by atoms with Gasteiger partial charge in [-0.05, 0) is 22.8 Å². The quantitative estimate of drug-likeness (QED) is 0.927. The van der Waals surface area contributed by atoms with Gasteiger partial charge in [-0.1, -0.05) is 52.0 Å². The largest absolute Gasteiger partial charge is 0.321 e. The third-order valence-corrected chi connectivity index (χ3v) is 4.98. The smallest absolute Gasteiger partial charge is 0.238 e. The van der Waals surface area contributed by atoms with E-state index >= 15 is 0 Å². The lowest BCUT2D eigenvalue weighted by molar-refractivity contribution is -0.128. The molecule has 0 spiro atoms. The van der Waals surface area contributed by atoms with E-state index in [-0.39, 0.29) is 17.5 Å². The van der Waals surface area contributed by atoms with Gasteiger partial charge in [0, 0.05) is 11.8 Å². The third-order valence-electron chi connectivity index (χ3n) is 4.03. The zero-order valence-electron chi connectivity index (χ0n) is 13.6. The zero-order valence-corrected chi connectivity index (χ0v) is 14.5. The van der Waals surface area contributed by atoms with Crippen LogP contribution in [0.5, 0.6) is 0 Å². The van der Waals surface area contributed by atoms with Crippen molar-refractivity contribution in [1.82, 2.24) is 10.2 Å². The van der Waals surface area contributed by atoms with Crippen LogP contribution in [0.1, 0.15) is 45.0 Å². The second-order valence-electron chi connectivity index (χ2n) is 6.75. The number of thioether (sulfide) groups is 1. The predicted molar refractivity (Wildman–Crippen MR) is 90.6 cm³/mol. The number of rotatable bonds is 4. The maximum absolute atomic E-state index is 12.1. The van der Waals surface area contributed by atoms with Crippen molar-refractivity contribution in [2.75, 3.05) is 19.3 Å². The molecule has 2 atom stereocenters. The summed E-state index contributed by atoms with van der Waals surface area (Å²) in [4.78, 5) is 14.1. The molecular weight excluding hydrogens is 280 g/mol. The number of amides is 1. The van der Waals surface area contributed by atoms with Crippen LogP contribution >= 0.6 is 11.8 Å². The van der Waals surface area contributed by atoms with E-state index in [1.54, 1.807) is 11.8 Å². The van der Waals surface area contributed by atoms with Crippen molar-refractivity contribution in [2.45, 2.75) is 44.5 Å². The summed E-state index contributed by atoms with van der Waals surface area (Å²) in [5, 5.41) is 3.78. The van der Waals surface area contributed by atoms with Gasteiger partial charge < -0.3 is 4.90 Å². The standard InChI is InChI=1S/C17H26N2OS/c1-12(21-5)11-19-15(20)10-18-16(19)13-6-8-14(9-7-13)17(2,3)4/h6-9,12,16,18H,10-11H2,1-5H3. The normalized spacial score (nSPS) is 20.9. The molecule has 1 fully saturated rings. The molecular formula is C17H26N2OS. The molecule has 2 rings (SSSR count). The summed E-state index contributed by atoms with van der Waals surface area (Å²) < 4.78 is 0. The lowest BCUT2D eigenvalue weighted by atomic mass is 9.86. The molecule has 1 aliphatic rings. The molecule has 1 aromatic rings. The van der Waals surface area contributed by atoms with Crippen LogP contribution in [0, 0.1) is 0 Å². The van der Waals surface area contributed by atoms with Gasteiger partial charge in [-0.3, -0.25) is 10.1 Å². The fraction of sp³-hybridized carbons (Fsp3) is 0.588. The average molecular weight is 306 g/mol. The van der Waals surface area contributed by atoms with Crippen LogP contribution in [0.15, 0.2) is 24.3 Å². The van der Waals surface area contributed by atoms with Gasteiger partial charge in [-0.25, -0.2) is 0 Å². The molecule has 1 saturated heterocycles. The summed E-state index contributed by atoms with van der Waals surface area (Å²) in [7, 11) is 0. The van der Waals surface area contributed by atoms with Gasteiger partial charge >= 0.3 is 0 Å². The molecule has 116 valence electrons. The number of carbonyl (C=O) groups is 1. The van der Waals surface area contributed by atoms with Crippen LogP contribution in [-0.2, 0) is 10.2 Å². The Kier molecular flexibility index (Phi) is 4.99. The second kappa shape index (κ2) is 6.41. The molecule has 0 bridgehead atoms. The van der Waals surface area contributed by atoms with Gasteiger partial charge in [-0.15, -0.1) is 0 Å². The maximum atomic E-state index is 12.1. The van der Waals surface area contributed by atoms with Crippen LogP contribution in [0.4, 0.5) is 0 Å². The monoisotopic (exact) mass is 306 g/mol. The lowest BCUT2D eigenvalue weighted by Crippen LogP contribution is -2.35. The van der Waals surface area contributed by atoms with Gasteiger partial charge in [0.15, 0.2) is 0 Å². The number of benzene rings is 1. The summed E-state index contributed by atoms with van der Waals surface area (Å²) in [6.45, 7) is 10.0. The Morgan fingerprint density at radius 3 is 2.48 bits per heavy atom. The molecule has 3 nitrogen and oxygen atoms in total. The van der Waals surface area contributed by atoms with Crippen LogP contribution in [0.3, 0.4) is 0 Å². The topological polar surface area (TPSA) is 32.3 Å². The first-order valence-electron chi connectivity index (χ1n) is 7.49. The molecule has 1 aromatic carbocycles. The second-order valence-corrected chi connectivity index (χ2v) is 8.02. The Morgan fingerprint density at radius 2 is 1.95 bits per heavy atom. The van der Waals surface area contributed by atoms with Crippen molar-refractivity contribution < 1.29 is 4.79 Å². The molecule has 0 saturated carbocycles. The first-order chi connectivity index (χ1) is 9.82. The molecule has 1 amide bonds. The van der Waals surface area contributed by atoms with E-state index in [1.807, 2.05) is 4.90 Å². The number of carbonyl (C=O) groups excluding carboxylic acids is 1. The maximum Gasteiger partial charge on any atom is 0.238 e. The van der Waals surface area contributed by atoms with Crippen molar-refractivity contribution in [2.24, 2.45) is 0 Å². The van der Waals surface area contributed by atoms with Gasteiger partial charge in [0.05, 0.1) is 6.54 Å². The Morgan fingerprint density at radius 1 is 1.33 bits per heavy atom. The zero-order chi connectivity index (χ0) is 15.6. The first kappa shape index (κ1) is 16.4. The van der Waals surface area contributed by atoms with Crippen LogP contribution in [-0.4, -0.2) is 35.4 Å². The summed E-state index contributed by atoms with van der Waals surface area (Å²) in [5.41, 5.74) is 2.64. The Hall–Kier alpha value is -1.00. The molecule has 0 radical (unpaired) electrons. The summed E-state index contributed by atoms with van der Waals surface area (Å²) in [6.07, 6.45) is 2.10. The number of hydrogen-bond acceptors (Lipinski definition) is 3. The Labute approximate surface area is 132 Å². The average Bonchev–Trinajstić information content (AvgIpc) is 2.79. The minimum Gasteiger partial charge on any atom is -0.321 e. The fourth-order valence-corrected chi connectivity index (χ4v) is 2.87. The van der Waals surface area contributed by atoms with E-state index in [9.17, 15) is 4.79 Å². The molecule has 2 unspecified atom stereocenters. The molecule has 1 heterocycles. The van der Waals surface area contributed by atoms with Gasteiger partial charge in [0.2, 0.25) is 5.91 Å². The minimum absolute atomic E-state index is 0.0149. The van der Waals surface area contributed by atoms with Gasteiger partial charge in [-0.2, -0.15) is 11.8 Å². The fourth-order valence-electron chi connectivity index (χ4n) is 2.56. The summed E-state index contributed by atoms with van der Waals surface area (Å²) in [5.74, 6) is 0.195. The highest BCUT2D eigenvalue weighted by molar-refractivity contribution is 7.99. The number of nitrogens with zero attached hydrogens (tertiary/aromatic N) is 1. The molecule has 1 N–H and O–H groups in total.